The number of hydrazone groups is 1. The van der Waals surface area contributed by atoms with E-state index in [9.17, 15) is 4.79 Å². The van der Waals surface area contributed by atoms with Crippen LogP contribution in [0.1, 0.15) is 12.5 Å². The van der Waals surface area contributed by atoms with Crippen LogP contribution in [0, 0.1) is 0 Å². The molecule has 0 fully saturated rings. The van der Waals surface area contributed by atoms with Gasteiger partial charge < -0.3 is 9.47 Å². The standard InChI is InChI=1S/C17H16BrClN2O3/c1-11(12-3-6-14(19)7-4-12)20-21-17(22)10-24-15-8-5-13(18)9-16(15)23-2/h3-9H,10H2,1-2H3,(H,21,22)/b20-11+. The van der Waals surface area contributed by atoms with E-state index in [1.54, 1.807) is 37.3 Å². The number of rotatable bonds is 6. The lowest BCUT2D eigenvalue weighted by molar-refractivity contribution is -0.123. The van der Waals surface area contributed by atoms with E-state index < -0.39 is 0 Å². The molecule has 2 rings (SSSR count). The van der Waals surface area contributed by atoms with Gasteiger partial charge in [0.05, 0.1) is 12.8 Å². The van der Waals surface area contributed by atoms with Gasteiger partial charge in [-0.05, 0) is 42.8 Å². The number of hydrogen-bond donors (Lipinski definition) is 1. The van der Waals surface area contributed by atoms with E-state index in [2.05, 4.69) is 26.5 Å². The van der Waals surface area contributed by atoms with Crippen LogP contribution in [0.3, 0.4) is 0 Å². The number of ether oxygens (including phenoxy) is 2. The van der Waals surface area contributed by atoms with Gasteiger partial charge in [0.2, 0.25) is 0 Å². The normalized spacial score (nSPS) is 11.1. The fraction of sp³-hybridized carbons (Fsp3) is 0.176. The molecular weight excluding hydrogens is 396 g/mol. The minimum absolute atomic E-state index is 0.171. The maximum absolute atomic E-state index is 11.9. The highest BCUT2D eigenvalue weighted by Crippen LogP contribution is 2.30. The monoisotopic (exact) mass is 410 g/mol. The van der Waals surface area contributed by atoms with Gasteiger partial charge in [-0.15, -0.1) is 0 Å². The van der Waals surface area contributed by atoms with E-state index in [-0.39, 0.29) is 12.5 Å². The lowest BCUT2D eigenvalue weighted by atomic mass is 10.1. The first kappa shape index (κ1) is 18.3. The van der Waals surface area contributed by atoms with Crippen LogP contribution in [0.4, 0.5) is 0 Å². The van der Waals surface area contributed by atoms with Gasteiger partial charge in [0.15, 0.2) is 18.1 Å². The van der Waals surface area contributed by atoms with Crippen LogP contribution in [0.2, 0.25) is 5.02 Å². The minimum atomic E-state index is -0.367. The van der Waals surface area contributed by atoms with Crippen molar-refractivity contribution in [1.82, 2.24) is 5.43 Å². The molecule has 126 valence electrons. The molecule has 0 aliphatic rings. The number of benzene rings is 2. The zero-order valence-corrected chi connectivity index (χ0v) is 15.5. The Morgan fingerprint density at radius 2 is 1.92 bits per heavy atom. The molecule has 0 radical (unpaired) electrons. The van der Waals surface area contributed by atoms with E-state index in [1.807, 2.05) is 12.1 Å². The van der Waals surface area contributed by atoms with Gasteiger partial charge in [-0.3, -0.25) is 4.79 Å². The van der Waals surface area contributed by atoms with Crippen LogP contribution in [-0.4, -0.2) is 25.3 Å². The topological polar surface area (TPSA) is 59.9 Å². The third kappa shape index (κ3) is 5.25. The number of hydrogen-bond acceptors (Lipinski definition) is 4. The number of halogens is 2. The van der Waals surface area contributed by atoms with Crippen LogP contribution >= 0.6 is 27.5 Å². The summed E-state index contributed by atoms with van der Waals surface area (Å²) >= 11 is 9.18. The SMILES string of the molecule is COc1cc(Br)ccc1OCC(=O)N/N=C(\C)c1ccc(Cl)cc1. The molecule has 2 aromatic carbocycles. The molecule has 0 spiro atoms. The predicted octanol–water partition coefficient (Wildman–Crippen LogP) is 4.03. The van der Waals surface area contributed by atoms with Gasteiger partial charge >= 0.3 is 0 Å². The van der Waals surface area contributed by atoms with Crippen molar-refractivity contribution >= 4 is 39.1 Å². The molecule has 0 saturated carbocycles. The molecule has 0 aliphatic carbocycles. The van der Waals surface area contributed by atoms with Crippen LogP contribution < -0.4 is 14.9 Å². The molecule has 1 N–H and O–H groups in total. The van der Waals surface area contributed by atoms with Gasteiger partial charge in [0.25, 0.3) is 5.91 Å². The number of carbonyl (C=O) groups is 1. The van der Waals surface area contributed by atoms with Crippen molar-refractivity contribution in [2.45, 2.75) is 6.92 Å². The Labute approximate surface area is 153 Å². The maximum Gasteiger partial charge on any atom is 0.277 e. The molecule has 0 aliphatic heterocycles. The summed E-state index contributed by atoms with van der Waals surface area (Å²) in [4.78, 5) is 11.9. The second-order valence-corrected chi connectivity index (χ2v) is 6.18. The number of nitrogens with one attached hydrogen (secondary N) is 1. The van der Waals surface area contributed by atoms with Crippen molar-refractivity contribution in [2.75, 3.05) is 13.7 Å². The Balaban J connectivity index is 1.91. The second-order valence-electron chi connectivity index (χ2n) is 4.82. The van der Waals surface area contributed by atoms with Crippen LogP contribution in [0.15, 0.2) is 52.0 Å². The van der Waals surface area contributed by atoms with Gasteiger partial charge in [-0.1, -0.05) is 39.7 Å². The Morgan fingerprint density at radius 3 is 2.58 bits per heavy atom. The molecule has 24 heavy (non-hydrogen) atoms. The summed E-state index contributed by atoms with van der Waals surface area (Å²) in [5, 5.41) is 4.69. The van der Waals surface area contributed by atoms with Crippen molar-refractivity contribution in [2.24, 2.45) is 5.10 Å². The average molecular weight is 412 g/mol. The molecule has 0 unspecified atom stereocenters. The average Bonchev–Trinajstić information content (AvgIpc) is 2.59. The summed E-state index contributed by atoms with van der Waals surface area (Å²) in [5.41, 5.74) is 3.99. The minimum Gasteiger partial charge on any atom is -0.493 e. The highest BCUT2D eigenvalue weighted by Gasteiger charge is 2.08. The van der Waals surface area contributed by atoms with E-state index in [0.29, 0.717) is 22.2 Å². The lowest BCUT2D eigenvalue weighted by Gasteiger charge is -2.10. The molecule has 0 aromatic heterocycles. The summed E-state index contributed by atoms with van der Waals surface area (Å²) in [7, 11) is 1.54. The first-order valence-corrected chi connectivity index (χ1v) is 8.22. The molecule has 2 aromatic rings. The highest BCUT2D eigenvalue weighted by molar-refractivity contribution is 9.10. The van der Waals surface area contributed by atoms with Crippen LogP contribution in [-0.2, 0) is 4.79 Å². The molecule has 0 saturated heterocycles. The first-order valence-electron chi connectivity index (χ1n) is 7.05. The van der Waals surface area contributed by atoms with Gasteiger partial charge in [0.1, 0.15) is 0 Å². The fourth-order valence-corrected chi connectivity index (χ4v) is 2.30. The second kappa shape index (κ2) is 8.70. The predicted molar refractivity (Wildman–Crippen MR) is 98.0 cm³/mol. The van der Waals surface area contributed by atoms with E-state index in [1.165, 1.54) is 7.11 Å². The van der Waals surface area contributed by atoms with Crippen LogP contribution in [0.5, 0.6) is 11.5 Å². The zero-order valence-electron chi connectivity index (χ0n) is 13.2. The Morgan fingerprint density at radius 1 is 1.21 bits per heavy atom. The largest absolute Gasteiger partial charge is 0.493 e. The summed E-state index contributed by atoms with van der Waals surface area (Å²) in [6.07, 6.45) is 0. The van der Waals surface area contributed by atoms with Crippen molar-refractivity contribution in [3.63, 3.8) is 0 Å². The Kier molecular flexibility index (Phi) is 6.63. The first-order chi connectivity index (χ1) is 11.5. The molecule has 5 nitrogen and oxygen atoms in total. The zero-order chi connectivity index (χ0) is 17.5. The van der Waals surface area contributed by atoms with E-state index in [4.69, 9.17) is 21.1 Å². The molecule has 0 heterocycles. The van der Waals surface area contributed by atoms with Crippen molar-refractivity contribution in [1.29, 1.82) is 0 Å². The number of carbonyl (C=O) groups excluding carboxylic acids is 1. The summed E-state index contributed by atoms with van der Waals surface area (Å²) in [6.45, 7) is 1.62. The molecule has 0 bridgehead atoms. The molecular formula is C17H16BrClN2O3. The fourth-order valence-electron chi connectivity index (χ4n) is 1.84. The van der Waals surface area contributed by atoms with Crippen LogP contribution in [0.25, 0.3) is 0 Å². The van der Waals surface area contributed by atoms with E-state index in [0.717, 1.165) is 10.0 Å². The number of methoxy groups -OCH3 is 1. The number of amides is 1. The smallest absolute Gasteiger partial charge is 0.277 e. The summed E-state index contributed by atoms with van der Waals surface area (Å²) < 4.78 is 11.5. The Bertz CT molecular complexity index is 748. The van der Waals surface area contributed by atoms with E-state index >= 15 is 0 Å². The molecule has 7 heteroatoms. The number of nitrogens with zero attached hydrogens (tertiary/aromatic N) is 1. The highest BCUT2D eigenvalue weighted by atomic mass is 79.9. The van der Waals surface area contributed by atoms with Gasteiger partial charge in [-0.2, -0.15) is 5.10 Å². The third-order valence-electron chi connectivity index (χ3n) is 3.09. The lowest BCUT2D eigenvalue weighted by Crippen LogP contribution is -2.25. The maximum atomic E-state index is 11.9. The summed E-state index contributed by atoms with van der Waals surface area (Å²) in [6, 6.07) is 12.5. The van der Waals surface area contributed by atoms with Crippen molar-refractivity contribution < 1.29 is 14.3 Å². The van der Waals surface area contributed by atoms with Gasteiger partial charge in [-0.25, -0.2) is 5.43 Å². The molecule has 1 amide bonds. The quantitative estimate of drug-likeness (QED) is 0.577. The van der Waals surface area contributed by atoms with Gasteiger partial charge in [0, 0.05) is 9.50 Å². The molecule has 0 atom stereocenters. The van der Waals surface area contributed by atoms with Crippen molar-refractivity contribution in [3.8, 4) is 11.5 Å². The summed E-state index contributed by atoms with van der Waals surface area (Å²) in [5.74, 6) is 0.653. The third-order valence-corrected chi connectivity index (χ3v) is 3.84. The van der Waals surface area contributed by atoms with Crippen molar-refractivity contribution in [3.05, 3.63) is 57.5 Å². The Hall–Kier alpha value is -2.05.